The van der Waals surface area contributed by atoms with E-state index in [1.54, 1.807) is 13.3 Å². The van der Waals surface area contributed by atoms with Gasteiger partial charge in [0.15, 0.2) is 0 Å². The molecule has 1 heterocycles. The predicted octanol–water partition coefficient (Wildman–Crippen LogP) is -1.36. The first-order chi connectivity index (χ1) is 10.1. The van der Waals surface area contributed by atoms with Gasteiger partial charge in [-0.3, -0.25) is 5.84 Å². The second-order valence-electron chi connectivity index (χ2n) is 4.10. The Bertz CT molecular complexity index is 676. The van der Waals surface area contributed by atoms with Gasteiger partial charge in [0.25, 0.3) is 0 Å². The molecule has 0 spiro atoms. The van der Waals surface area contributed by atoms with E-state index in [1.165, 1.54) is 4.68 Å². The summed E-state index contributed by atoms with van der Waals surface area (Å²) in [6.07, 6.45) is 2.45. The molecule has 0 aliphatic carbocycles. The molecular formula is C12H15ClI2N6O. The second-order valence-corrected chi connectivity index (χ2v) is 6.51. The normalized spacial score (nSPS) is 10.5. The number of nitrogens with zero attached hydrogens (tertiary/aromatic N) is 3. The minimum absolute atomic E-state index is 0. The summed E-state index contributed by atoms with van der Waals surface area (Å²) in [6, 6.07) is 4.03. The molecule has 1 aromatic heterocycles. The average molecular weight is 549 g/mol. The van der Waals surface area contributed by atoms with E-state index in [4.69, 9.17) is 10.6 Å². The fourth-order valence-electron chi connectivity index (χ4n) is 1.73. The van der Waals surface area contributed by atoms with Crippen molar-refractivity contribution in [2.75, 3.05) is 18.4 Å². The van der Waals surface area contributed by atoms with E-state index >= 15 is 0 Å². The molecule has 0 atom stereocenters. The summed E-state index contributed by atoms with van der Waals surface area (Å²) in [6.45, 7) is 1.99. The fourth-order valence-corrected chi connectivity index (χ4v) is 3.84. The lowest BCUT2D eigenvalue weighted by atomic mass is 10.2. The number of aromatic amines is 1. The first kappa shape index (κ1) is 19.2. The first-order valence-electron chi connectivity index (χ1n) is 6.13. The maximum absolute atomic E-state index is 5.86. The van der Waals surface area contributed by atoms with Crippen LogP contribution in [0.25, 0.3) is 0 Å². The highest BCUT2D eigenvalue weighted by atomic mass is 127. The van der Waals surface area contributed by atoms with Gasteiger partial charge in [0, 0.05) is 20.7 Å². The van der Waals surface area contributed by atoms with Crippen molar-refractivity contribution in [1.82, 2.24) is 10.2 Å². The van der Waals surface area contributed by atoms with Crippen LogP contribution in [-0.2, 0) is 6.42 Å². The molecule has 0 radical (unpaired) electrons. The maximum atomic E-state index is 5.86. The van der Waals surface area contributed by atoms with E-state index in [0.717, 1.165) is 30.7 Å². The van der Waals surface area contributed by atoms with E-state index < -0.39 is 0 Å². The van der Waals surface area contributed by atoms with Crippen LogP contribution < -0.4 is 33.1 Å². The number of ether oxygens (including phenoxy) is 1. The number of hydrogen-bond acceptors (Lipinski definition) is 5. The Balaban J connectivity index is 0.00000242. The number of nitrogen functional groups attached to an aromatic ring is 1. The van der Waals surface area contributed by atoms with E-state index in [-0.39, 0.29) is 12.4 Å². The molecule has 2 rings (SSSR count). The SMILES string of the molecule is CCc1[nH]nc(NN=Cc2cc(I)cc(I)c2OC)[n+]1N.[Cl-]. The van der Waals surface area contributed by atoms with Gasteiger partial charge >= 0.3 is 5.95 Å². The number of aromatic nitrogens is 3. The number of methoxy groups -OCH3 is 1. The number of H-pyrrole nitrogens is 1. The van der Waals surface area contributed by atoms with Gasteiger partial charge in [0.2, 0.25) is 5.82 Å². The highest BCUT2D eigenvalue weighted by Gasteiger charge is 2.14. The third kappa shape index (κ3) is 4.35. The lowest BCUT2D eigenvalue weighted by molar-refractivity contribution is -0.632. The maximum Gasteiger partial charge on any atom is 0.421 e. The molecule has 0 aliphatic heterocycles. The molecule has 0 saturated heterocycles. The summed E-state index contributed by atoms with van der Waals surface area (Å²) < 4.78 is 8.98. The van der Waals surface area contributed by atoms with Crippen LogP contribution >= 0.6 is 45.2 Å². The van der Waals surface area contributed by atoms with Crippen molar-refractivity contribution in [3.8, 4) is 5.75 Å². The Labute approximate surface area is 161 Å². The number of hydrogen-bond donors (Lipinski definition) is 3. The Morgan fingerprint density at radius 2 is 2.23 bits per heavy atom. The van der Waals surface area contributed by atoms with E-state index in [2.05, 4.69) is 65.9 Å². The molecule has 0 saturated carbocycles. The smallest absolute Gasteiger partial charge is 0.421 e. The highest BCUT2D eigenvalue weighted by molar-refractivity contribution is 14.1. The van der Waals surface area contributed by atoms with Gasteiger partial charge in [-0.25, -0.2) is 0 Å². The highest BCUT2D eigenvalue weighted by Crippen LogP contribution is 2.26. The number of rotatable bonds is 5. The topological polar surface area (TPSA) is 92.2 Å². The summed E-state index contributed by atoms with van der Waals surface area (Å²) >= 11 is 4.49. The van der Waals surface area contributed by atoms with E-state index in [9.17, 15) is 0 Å². The van der Waals surface area contributed by atoms with Crippen LogP contribution in [0.1, 0.15) is 18.3 Å². The van der Waals surface area contributed by atoms with Gasteiger partial charge < -0.3 is 17.1 Å². The van der Waals surface area contributed by atoms with Gasteiger partial charge in [0.1, 0.15) is 5.75 Å². The molecule has 0 amide bonds. The van der Waals surface area contributed by atoms with Crippen LogP contribution in [0.3, 0.4) is 0 Å². The molecule has 1 aromatic carbocycles. The molecule has 10 heteroatoms. The third-order valence-electron chi connectivity index (χ3n) is 2.75. The standard InChI is InChI=1S/C12H14I2N6O.ClH/c1-3-10-17-19-12(20(10)15)18-16-6-7-4-8(13)5-9(14)11(7)21-2;/h4-6H,3,15H2,1-2H3,(H,18,19);1H. The number of aryl methyl sites for hydroxylation is 1. The summed E-state index contributed by atoms with van der Waals surface area (Å²) in [4.78, 5) is 0. The van der Waals surface area contributed by atoms with Crippen LogP contribution in [0.4, 0.5) is 5.95 Å². The lowest BCUT2D eigenvalue weighted by Crippen LogP contribution is -3.00. The molecule has 4 N–H and O–H groups in total. The van der Waals surface area contributed by atoms with Crippen LogP contribution in [0.15, 0.2) is 17.2 Å². The third-order valence-corrected chi connectivity index (χ3v) is 4.18. The molecule has 22 heavy (non-hydrogen) atoms. The van der Waals surface area contributed by atoms with Gasteiger partial charge in [-0.15, -0.1) is 9.78 Å². The lowest BCUT2D eigenvalue weighted by Gasteiger charge is -2.07. The summed E-state index contributed by atoms with van der Waals surface area (Å²) in [5.74, 6) is 7.91. The van der Waals surface area contributed by atoms with Crippen LogP contribution in [0, 0.1) is 7.14 Å². The van der Waals surface area contributed by atoms with Crippen molar-refractivity contribution in [3.05, 3.63) is 30.7 Å². The van der Waals surface area contributed by atoms with Crippen LogP contribution in [0.2, 0.25) is 0 Å². The quantitative estimate of drug-likeness (QED) is 0.142. The second kappa shape index (κ2) is 8.72. The van der Waals surface area contributed by atoms with Crippen molar-refractivity contribution in [2.24, 2.45) is 5.10 Å². The largest absolute Gasteiger partial charge is 1.00 e. The predicted molar refractivity (Wildman–Crippen MR) is 98.0 cm³/mol. The van der Waals surface area contributed by atoms with Gasteiger partial charge in [-0.1, -0.05) is 6.92 Å². The van der Waals surface area contributed by atoms with Crippen molar-refractivity contribution in [3.63, 3.8) is 0 Å². The van der Waals surface area contributed by atoms with Crippen molar-refractivity contribution >= 4 is 57.3 Å². The number of nitrogens with two attached hydrogens (primary N) is 1. The Kier molecular flexibility index (Phi) is 7.62. The minimum Gasteiger partial charge on any atom is -1.00 e. The van der Waals surface area contributed by atoms with Gasteiger partial charge in [-0.05, 0) is 57.3 Å². The van der Waals surface area contributed by atoms with E-state index in [0.29, 0.717) is 5.95 Å². The number of anilines is 1. The van der Waals surface area contributed by atoms with Crippen molar-refractivity contribution in [2.45, 2.75) is 13.3 Å². The number of benzene rings is 1. The van der Waals surface area contributed by atoms with Gasteiger partial charge in [-0.2, -0.15) is 10.5 Å². The Hall–Kier alpha value is -0.820. The van der Waals surface area contributed by atoms with Crippen molar-refractivity contribution < 1.29 is 21.8 Å². The summed E-state index contributed by atoms with van der Waals surface area (Å²) in [5, 5.41) is 11.1. The number of halogens is 3. The summed E-state index contributed by atoms with van der Waals surface area (Å²) in [5.41, 5.74) is 3.70. The zero-order valence-electron chi connectivity index (χ0n) is 11.9. The Morgan fingerprint density at radius 3 is 2.82 bits per heavy atom. The number of nitrogens with one attached hydrogen (secondary N) is 2. The van der Waals surface area contributed by atoms with E-state index in [1.807, 2.05) is 19.1 Å². The fraction of sp³-hybridized carbons (Fsp3) is 0.250. The van der Waals surface area contributed by atoms with Crippen LogP contribution in [-0.4, -0.2) is 23.5 Å². The first-order valence-corrected chi connectivity index (χ1v) is 8.29. The molecule has 0 aliphatic rings. The van der Waals surface area contributed by atoms with Crippen LogP contribution in [0.5, 0.6) is 5.75 Å². The van der Waals surface area contributed by atoms with Crippen molar-refractivity contribution in [1.29, 1.82) is 0 Å². The minimum atomic E-state index is 0. The molecule has 0 bridgehead atoms. The molecule has 0 fully saturated rings. The molecular weight excluding hydrogens is 533 g/mol. The monoisotopic (exact) mass is 548 g/mol. The summed E-state index contributed by atoms with van der Waals surface area (Å²) in [7, 11) is 1.64. The molecule has 7 nitrogen and oxygen atoms in total. The average Bonchev–Trinajstić information content (AvgIpc) is 2.79. The number of hydrazone groups is 1. The molecule has 2 aromatic rings. The Morgan fingerprint density at radius 1 is 1.50 bits per heavy atom. The molecule has 120 valence electrons. The zero-order valence-corrected chi connectivity index (χ0v) is 17.0. The van der Waals surface area contributed by atoms with Gasteiger partial charge in [0.05, 0.1) is 16.9 Å². The zero-order chi connectivity index (χ0) is 15.4. The molecule has 0 unspecified atom stereocenters.